The van der Waals surface area contributed by atoms with Crippen molar-refractivity contribution in [1.29, 1.82) is 0 Å². The zero-order chi connectivity index (χ0) is 22.9. The van der Waals surface area contributed by atoms with Crippen molar-refractivity contribution in [1.82, 2.24) is 5.32 Å². The number of amides is 1. The van der Waals surface area contributed by atoms with Gasteiger partial charge in [0.05, 0.1) is 19.2 Å². The number of alkyl halides is 3. The third kappa shape index (κ3) is 4.32. The summed E-state index contributed by atoms with van der Waals surface area (Å²) in [4.78, 5) is 13.9. The highest BCUT2D eigenvalue weighted by molar-refractivity contribution is 9.10. The Kier molecular flexibility index (Phi) is 6.15. The standard InChI is InChI=1S/C24H20BrF3N2O2/c1-32-17-12-10-16(11-13-17)30-21-9-5-2-6-15(21)14-20(29-23(31)24(26,27)28)22(30)18-7-3-4-8-19(18)25/h2-13,20,22H,14H2,1H3,(H,29,31)/t20-,22+/m0/s1. The molecule has 4 rings (SSSR count). The van der Waals surface area contributed by atoms with E-state index in [2.05, 4.69) is 21.2 Å². The summed E-state index contributed by atoms with van der Waals surface area (Å²) in [6.45, 7) is 0. The number of para-hydroxylation sites is 1. The number of benzene rings is 3. The highest BCUT2D eigenvalue weighted by Gasteiger charge is 2.44. The lowest BCUT2D eigenvalue weighted by atomic mass is 9.86. The number of fused-ring (bicyclic) bond motifs is 1. The smallest absolute Gasteiger partial charge is 0.471 e. The molecular formula is C24H20BrF3N2O2. The van der Waals surface area contributed by atoms with Crippen LogP contribution in [-0.4, -0.2) is 25.2 Å². The van der Waals surface area contributed by atoms with Crippen molar-refractivity contribution in [2.24, 2.45) is 0 Å². The van der Waals surface area contributed by atoms with Gasteiger partial charge in [-0.15, -0.1) is 0 Å². The van der Waals surface area contributed by atoms with E-state index in [4.69, 9.17) is 4.74 Å². The Balaban J connectivity index is 1.89. The first-order valence-electron chi connectivity index (χ1n) is 9.93. The Hall–Kier alpha value is -3.00. The molecule has 0 saturated carbocycles. The number of hydrogen-bond acceptors (Lipinski definition) is 3. The van der Waals surface area contributed by atoms with E-state index in [0.29, 0.717) is 5.75 Å². The van der Waals surface area contributed by atoms with Gasteiger partial charge in [-0.2, -0.15) is 13.2 Å². The monoisotopic (exact) mass is 504 g/mol. The number of carbonyl (C=O) groups is 1. The molecule has 166 valence electrons. The Morgan fingerprint density at radius 3 is 2.34 bits per heavy atom. The highest BCUT2D eigenvalue weighted by atomic mass is 79.9. The van der Waals surface area contributed by atoms with Crippen LogP contribution in [0.25, 0.3) is 0 Å². The van der Waals surface area contributed by atoms with Crippen LogP contribution in [0.4, 0.5) is 24.5 Å². The number of halogens is 4. The second-order valence-electron chi connectivity index (χ2n) is 7.44. The van der Waals surface area contributed by atoms with Gasteiger partial charge in [-0.25, -0.2) is 0 Å². The number of nitrogens with one attached hydrogen (secondary N) is 1. The van der Waals surface area contributed by atoms with Crippen molar-refractivity contribution in [3.8, 4) is 5.75 Å². The fraction of sp³-hybridized carbons (Fsp3) is 0.208. The fourth-order valence-electron chi connectivity index (χ4n) is 4.09. The van der Waals surface area contributed by atoms with Crippen LogP contribution in [0.2, 0.25) is 0 Å². The molecule has 8 heteroatoms. The molecule has 3 aromatic rings. The van der Waals surface area contributed by atoms with Crippen LogP contribution in [0.3, 0.4) is 0 Å². The molecule has 0 aromatic heterocycles. The predicted octanol–water partition coefficient (Wildman–Crippen LogP) is 5.94. The molecule has 0 radical (unpaired) electrons. The molecule has 32 heavy (non-hydrogen) atoms. The summed E-state index contributed by atoms with van der Waals surface area (Å²) >= 11 is 3.55. The third-order valence-electron chi connectivity index (χ3n) is 5.50. The number of nitrogens with zero attached hydrogens (tertiary/aromatic N) is 1. The van der Waals surface area contributed by atoms with E-state index < -0.39 is 24.2 Å². The zero-order valence-electron chi connectivity index (χ0n) is 17.1. The first kappa shape index (κ1) is 22.2. The van der Waals surface area contributed by atoms with Crippen molar-refractivity contribution in [2.75, 3.05) is 12.0 Å². The molecule has 1 aliphatic heterocycles. The van der Waals surface area contributed by atoms with Gasteiger partial charge in [0.1, 0.15) is 5.75 Å². The molecule has 0 bridgehead atoms. The molecule has 1 amide bonds. The molecule has 3 aromatic carbocycles. The molecule has 4 nitrogen and oxygen atoms in total. The Morgan fingerprint density at radius 2 is 1.69 bits per heavy atom. The summed E-state index contributed by atoms with van der Waals surface area (Å²) < 4.78 is 45.5. The van der Waals surface area contributed by atoms with Gasteiger partial charge in [0.2, 0.25) is 0 Å². The number of anilines is 2. The van der Waals surface area contributed by atoms with Crippen molar-refractivity contribution >= 4 is 33.2 Å². The van der Waals surface area contributed by atoms with Gasteiger partial charge < -0.3 is 15.0 Å². The van der Waals surface area contributed by atoms with Crippen LogP contribution in [0.5, 0.6) is 5.75 Å². The number of carbonyl (C=O) groups excluding carboxylic acids is 1. The number of ether oxygens (including phenoxy) is 1. The van der Waals surface area contributed by atoms with Crippen LogP contribution in [0.15, 0.2) is 77.3 Å². The van der Waals surface area contributed by atoms with Crippen LogP contribution in [0, 0.1) is 0 Å². The SMILES string of the molecule is COc1ccc(N2c3ccccc3C[C@H](NC(=O)C(F)(F)F)[C@H]2c2ccccc2Br)cc1. The summed E-state index contributed by atoms with van der Waals surface area (Å²) in [5.41, 5.74) is 3.25. The second-order valence-corrected chi connectivity index (χ2v) is 8.30. The summed E-state index contributed by atoms with van der Waals surface area (Å²) in [5.74, 6) is -1.29. The van der Waals surface area contributed by atoms with Gasteiger partial charge in [-0.3, -0.25) is 4.79 Å². The Bertz CT molecular complexity index is 1120. The topological polar surface area (TPSA) is 41.6 Å². The quantitative estimate of drug-likeness (QED) is 0.478. The zero-order valence-corrected chi connectivity index (χ0v) is 18.7. The minimum absolute atomic E-state index is 0.261. The highest BCUT2D eigenvalue weighted by Crippen LogP contribution is 2.45. The van der Waals surface area contributed by atoms with Crippen LogP contribution < -0.4 is 15.0 Å². The largest absolute Gasteiger partial charge is 0.497 e. The van der Waals surface area contributed by atoms with Crippen molar-refractivity contribution in [3.05, 3.63) is 88.4 Å². The van der Waals surface area contributed by atoms with E-state index in [1.54, 1.807) is 19.2 Å². The molecule has 1 aliphatic rings. The van der Waals surface area contributed by atoms with Gasteiger partial charge in [-0.05, 0) is 53.9 Å². The average Bonchev–Trinajstić information content (AvgIpc) is 2.78. The van der Waals surface area contributed by atoms with Gasteiger partial charge in [0, 0.05) is 15.8 Å². The van der Waals surface area contributed by atoms with Gasteiger partial charge in [0.15, 0.2) is 0 Å². The van der Waals surface area contributed by atoms with E-state index in [1.165, 1.54) is 0 Å². The minimum Gasteiger partial charge on any atom is -0.497 e. The van der Waals surface area contributed by atoms with E-state index in [0.717, 1.165) is 27.0 Å². The lowest BCUT2D eigenvalue weighted by Gasteiger charge is -2.44. The predicted molar refractivity (Wildman–Crippen MR) is 120 cm³/mol. The molecule has 0 spiro atoms. The summed E-state index contributed by atoms with van der Waals surface area (Å²) in [5, 5.41) is 2.25. The maximum atomic E-state index is 13.2. The molecular weight excluding hydrogens is 485 g/mol. The lowest BCUT2D eigenvalue weighted by molar-refractivity contribution is -0.174. The maximum Gasteiger partial charge on any atom is 0.471 e. The molecule has 0 fully saturated rings. The molecule has 0 saturated heterocycles. The van der Waals surface area contributed by atoms with E-state index in [9.17, 15) is 18.0 Å². The Labute approximate surface area is 192 Å². The van der Waals surface area contributed by atoms with E-state index in [-0.39, 0.29) is 6.42 Å². The molecule has 1 heterocycles. The molecule has 0 unspecified atom stereocenters. The van der Waals surface area contributed by atoms with Crippen molar-refractivity contribution in [2.45, 2.75) is 24.7 Å². The van der Waals surface area contributed by atoms with Crippen molar-refractivity contribution < 1.29 is 22.7 Å². The average molecular weight is 505 g/mol. The molecule has 2 atom stereocenters. The first-order valence-corrected chi connectivity index (χ1v) is 10.7. The summed E-state index contributed by atoms with van der Waals surface area (Å²) in [6.07, 6.45) is -4.71. The number of methoxy groups -OCH3 is 1. The summed E-state index contributed by atoms with van der Waals surface area (Å²) in [7, 11) is 1.57. The molecule has 0 aliphatic carbocycles. The normalized spacial score (nSPS) is 18.1. The lowest BCUT2D eigenvalue weighted by Crippen LogP contribution is -2.52. The van der Waals surface area contributed by atoms with Gasteiger partial charge in [-0.1, -0.05) is 52.3 Å². The van der Waals surface area contributed by atoms with E-state index >= 15 is 0 Å². The third-order valence-corrected chi connectivity index (χ3v) is 6.22. The van der Waals surface area contributed by atoms with E-state index in [1.807, 2.05) is 65.6 Å². The number of hydrogen-bond donors (Lipinski definition) is 1. The molecule has 1 N–H and O–H groups in total. The van der Waals surface area contributed by atoms with Crippen molar-refractivity contribution in [3.63, 3.8) is 0 Å². The van der Waals surface area contributed by atoms with Gasteiger partial charge in [0.25, 0.3) is 0 Å². The minimum atomic E-state index is -4.97. The van der Waals surface area contributed by atoms with Crippen LogP contribution in [0.1, 0.15) is 17.2 Å². The maximum absolute atomic E-state index is 13.2. The fourth-order valence-corrected chi connectivity index (χ4v) is 4.61. The van der Waals surface area contributed by atoms with Crippen LogP contribution in [-0.2, 0) is 11.2 Å². The second kappa shape index (κ2) is 8.86. The van der Waals surface area contributed by atoms with Gasteiger partial charge >= 0.3 is 12.1 Å². The first-order chi connectivity index (χ1) is 15.3. The number of rotatable bonds is 4. The summed E-state index contributed by atoms with van der Waals surface area (Å²) in [6, 6.07) is 20.8. The van der Waals surface area contributed by atoms with Crippen LogP contribution >= 0.6 is 15.9 Å². The Morgan fingerprint density at radius 1 is 1.03 bits per heavy atom.